The zero-order valence-electron chi connectivity index (χ0n) is 21.5. The van der Waals surface area contributed by atoms with Gasteiger partial charge in [-0.15, -0.1) is 0 Å². The van der Waals surface area contributed by atoms with E-state index in [1.807, 2.05) is 13.8 Å². The third-order valence-corrected chi connectivity index (χ3v) is 7.38. The maximum atomic E-state index is 13.0. The molecule has 1 saturated heterocycles. The Morgan fingerprint density at radius 3 is 2.50 bits per heavy atom. The minimum Gasteiger partial charge on any atom is -0.351 e. The van der Waals surface area contributed by atoms with Gasteiger partial charge in [-0.2, -0.15) is 0 Å². The minimum absolute atomic E-state index is 0.0448. The summed E-state index contributed by atoms with van der Waals surface area (Å²) in [5.74, 6) is -1.12. The number of hydrogen-bond donors (Lipinski definition) is 5. The van der Waals surface area contributed by atoms with Crippen molar-refractivity contribution in [1.29, 1.82) is 0 Å². The summed E-state index contributed by atoms with van der Waals surface area (Å²) in [7, 11) is -4.95. The van der Waals surface area contributed by atoms with E-state index in [1.54, 1.807) is 0 Å². The number of H-pyrrole nitrogens is 1. The highest BCUT2D eigenvalue weighted by Gasteiger charge is 2.35. The summed E-state index contributed by atoms with van der Waals surface area (Å²) in [4.78, 5) is 84.2. The number of benzene rings is 1. The van der Waals surface area contributed by atoms with Crippen molar-refractivity contribution in [3.63, 3.8) is 0 Å². The van der Waals surface area contributed by atoms with Crippen LogP contribution in [0.4, 0.5) is 0 Å². The summed E-state index contributed by atoms with van der Waals surface area (Å²) in [5.41, 5.74) is -0.953. The molecule has 13 heteroatoms. The van der Waals surface area contributed by atoms with Gasteiger partial charge in [0.25, 0.3) is 11.4 Å². The molecule has 206 valence electrons. The molecule has 1 aromatic carbocycles. The molecule has 0 saturated carbocycles. The van der Waals surface area contributed by atoms with Gasteiger partial charge in [-0.1, -0.05) is 13.8 Å². The summed E-state index contributed by atoms with van der Waals surface area (Å²) in [6, 6.07) is 4.50. The van der Waals surface area contributed by atoms with Crippen LogP contribution < -0.4 is 10.6 Å². The Morgan fingerprint density at radius 1 is 1.16 bits per heavy atom. The summed E-state index contributed by atoms with van der Waals surface area (Å²) < 4.78 is 11.2. The van der Waals surface area contributed by atoms with Gasteiger partial charge in [0.2, 0.25) is 11.8 Å². The normalized spacial score (nSPS) is 16.5. The van der Waals surface area contributed by atoms with Gasteiger partial charge in [-0.25, -0.2) is 0 Å². The Labute approximate surface area is 219 Å². The van der Waals surface area contributed by atoms with Crippen molar-refractivity contribution in [2.45, 2.75) is 58.5 Å². The van der Waals surface area contributed by atoms with E-state index in [0.717, 1.165) is 0 Å². The highest BCUT2D eigenvalue weighted by atomic mass is 31.2. The highest BCUT2D eigenvalue weighted by Crippen LogP contribution is 2.39. The lowest BCUT2D eigenvalue weighted by atomic mass is 9.97. The Kier molecular flexibility index (Phi) is 9.24. The van der Waals surface area contributed by atoms with Crippen LogP contribution >= 0.6 is 7.60 Å². The standard InChI is InChI=1S/C25H33N4O8P/c1-14(2)18(8-6-15(3)30)28-24(33)21-5-4-10-29(21)22(31)13-26-23(32)20-12-17-11-16(7-9-19(17)27-20)25(34)38(35,36)37/h7,9,11-12,14,18,21,27H,4-6,8,10,13H2,1-3H3,(H,26,32)(H,28,33)(H2,35,36,37)/t18-,21-/m0/s1. The predicted octanol–water partition coefficient (Wildman–Crippen LogP) is 1.72. The van der Waals surface area contributed by atoms with Crippen LogP contribution in [0.15, 0.2) is 24.3 Å². The van der Waals surface area contributed by atoms with Crippen LogP contribution in [-0.4, -0.2) is 73.9 Å². The molecule has 1 fully saturated rings. The first-order valence-corrected chi connectivity index (χ1v) is 14.0. The summed E-state index contributed by atoms with van der Waals surface area (Å²) in [6.45, 7) is 5.47. The first-order chi connectivity index (χ1) is 17.8. The first-order valence-electron chi connectivity index (χ1n) is 12.4. The largest absolute Gasteiger partial charge is 0.396 e. The highest BCUT2D eigenvalue weighted by molar-refractivity contribution is 7.70. The number of fused-ring (bicyclic) bond motifs is 1. The topological polar surface area (TPSA) is 186 Å². The number of amides is 3. The van der Waals surface area contributed by atoms with Crippen molar-refractivity contribution in [3.8, 4) is 0 Å². The van der Waals surface area contributed by atoms with Crippen LogP contribution in [0.3, 0.4) is 0 Å². The van der Waals surface area contributed by atoms with E-state index < -0.39 is 31.0 Å². The molecule has 2 aromatic rings. The van der Waals surface area contributed by atoms with Crippen LogP contribution in [-0.2, 0) is 18.9 Å². The van der Waals surface area contributed by atoms with Gasteiger partial charge in [0.1, 0.15) is 17.5 Å². The Balaban J connectivity index is 1.61. The molecule has 12 nitrogen and oxygen atoms in total. The zero-order valence-corrected chi connectivity index (χ0v) is 22.4. The average Bonchev–Trinajstić information content (AvgIpc) is 3.50. The van der Waals surface area contributed by atoms with Crippen molar-refractivity contribution < 1.29 is 38.3 Å². The number of likely N-dealkylation sites (tertiary alicyclic amines) is 1. The van der Waals surface area contributed by atoms with Gasteiger partial charge in [-0.05, 0) is 56.4 Å². The molecular formula is C25H33N4O8P. The molecule has 0 aliphatic carbocycles. The molecule has 2 atom stereocenters. The van der Waals surface area contributed by atoms with Gasteiger partial charge < -0.3 is 35.1 Å². The Hall–Kier alpha value is -3.34. The molecule has 1 aromatic heterocycles. The van der Waals surface area contributed by atoms with Crippen LogP contribution in [0.25, 0.3) is 10.9 Å². The number of aromatic amines is 1. The number of Topliss-reactive ketones (excluding diaryl/α,β-unsaturated/α-hetero) is 1. The van der Waals surface area contributed by atoms with Gasteiger partial charge in [-0.3, -0.25) is 23.7 Å². The van der Waals surface area contributed by atoms with Crippen LogP contribution in [0, 0.1) is 5.92 Å². The van der Waals surface area contributed by atoms with E-state index in [9.17, 15) is 28.5 Å². The Bertz CT molecular complexity index is 1300. The summed E-state index contributed by atoms with van der Waals surface area (Å²) in [6.07, 6.45) is 2.03. The number of aromatic nitrogens is 1. The fraction of sp³-hybridized carbons (Fsp3) is 0.480. The lowest BCUT2D eigenvalue weighted by Gasteiger charge is -2.28. The molecule has 0 unspecified atom stereocenters. The SMILES string of the molecule is CC(=O)CC[C@H](NC(=O)[C@@H]1CCCN1C(=O)CNC(=O)c1cc2cc(C(=O)P(=O)(O)O)ccc2[nH]1)C(C)C. The predicted molar refractivity (Wildman–Crippen MR) is 138 cm³/mol. The lowest BCUT2D eigenvalue weighted by molar-refractivity contribution is -0.138. The van der Waals surface area contributed by atoms with E-state index in [-0.39, 0.29) is 41.5 Å². The van der Waals surface area contributed by atoms with Crippen molar-refractivity contribution in [2.24, 2.45) is 5.92 Å². The maximum absolute atomic E-state index is 13.0. The molecule has 3 rings (SSSR count). The second kappa shape index (κ2) is 12.0. The molecule has 0 radical (unpaired) electrons. The van der Waals surface area contributed by atoms with Crippen molar-refractivity contribution in [1.82, 2.24) is 20.5 Å². The number of rotatable bonds is 11. The molecule has 38 heavy (non-hydrogen) atoms. The second-order valence-corrected chi connectivity index (χ2v) is 11.4. The van der Waals surface area contributed by atoms with Gasteiger partial charge in [0.05, 0.1) is 6.54 Å². The van der Waals surface area contributed by atoms with E-state index >= 15 is 0 Å². The number of carbonyl (C=O) groups is 5. The molecular weight excluding hydrogens is 515 g/mol. The molecule has 0 bridgehead atoms. The van der Waals surface area contributed by atoms with Gasteiger partial charge in [0, 0.05) is 35.5 Å². The van der Waals surface area contributed by atoms with Gasteiger partial charge in [0.15, 0.2) is 0 Å². The third-order valence-electron chi connectivity index (χ3n) is 6.59. The second-order valence-electron chi connectivity index (χ2n) is 9.86. The summed E-state index contributed by atoms with van der Waals surface area (Å²) in [5, 5.41) is 5.89. The fourth-order valence-electron chi connectivity index (χ4n) is 4.46. The summed E-state index contributed by atoms with van der Waals surface area (Å²) >= 11 is 0. The number of ketones is 1. The minimum atomic E-state index is -4.95. The molecule has 1 aliphatic rings. The lowest BCUT2D eigenvalue weighted by Crippen LogP contribution is -2.51. The molecule has 5 N–H and O–H groups in total. The number of nitrogens with one attached hydrogen (secondary N) is 3. The number of nitrogens with zero attached hydrogens (tertiary/aromatic N) is 1. The van der Waals surface area contributed by atoms with E-state index in [4.69, 9.17) is 9.79 Å². The van der Waals surface area contributed by atoms with Gasteiger partial charge >= 0.3 is 7.60 Å². The van der Waals surface area contributed by atoms with Crippen LogP contribution in [0.2, 0.25) is 0 Å². The van der Waals surface area contributed by atoms with E-state index in [2.05, 4.69) is 15.6 Å². The van der Waals surface area contributed by atoms with Crippen molar-refractivity contribution in [2.75, 3.05) is 13.1 Å². The molecule has 3 amide bonds. The Morgan fingerprint density at radius 2 is 1.87 bits per heavy atom. The smallest absolute Gasteiger partial charge is 0.351 e. The first kappa shape index (κ1) is 29.2. The molecule has 0 spiro atoms. The maximum Gasteiger partial charge on any atom is 0.396 e. The zero-order chi connectivity index (χ0) is 28.2. The van der Waals surface area contributed by atoms with Crippen LogP contribution in [0.1, 0.15) is 67.3 Å². The van der Waals surface area contributed by atoms with E-state index in [0.29, 0.717) is 43.1 Å². The van der Waals surface area contributed by atoms with Crippen molar-refractivity contribution in [3.05, 3.63) is 35.5 Å². The van der Waals surface area contributed by atoms with Crippen molar-refractivity contribution >= 4 is 47.5 Å². The van der Waals surface area contributed by atoms with E-state index in [1.165, 1.54) is 36.1 Å². The van der Waals surface area contributed by atoms with Crippen LogP contribution in [0.5, 0.6) is 0 Å². The number of hydrogen-bond acceptors (Lipinski definition) is 6. The fourth-order valence-corrected chi connectivity index (χ4v) is 4.93. The average molecular weight is 549 g/mol. The molecule has 1 aliphatic heterocycles. The third kappa shape index (κ3) is 7.15. The quantitative estimate of drug-likeness (QED) is 0.263. The number of carbonyl (C=O) groups excluding carboxylic acids is 5. The molecule has 2 heterocycles. The monoisotopic (exact) mass is 548 g/mol.